The predicted octanol–water partition coefficient (Wildman–Crippen LogP) is 6.82. The smallest absolute Gasteiger partial charge is 0.290 e. The summed E-state index contributed by atoms with van der Waals surface area (Å²) >= 11 is 0. The number of aryl methyl sites for hydroxylation is 1. The first-order valence-electron chi connectivity index (χ1n) is 10.7. The number of carboxylic acid groups (broad SMARTS) is 1. The Balaban J connectivity index is 0.000000714. The molecule has 0 bridgehead atoms. The van der Waals surface area contributed by atoms with Crippen LogP contribution in [0, 0.1) is 6.92 Å². The Morgan fingerprint density at radius 2 is 1.64 bits per heavy atom. The molecule has 0 aliphatic heterocycles. The fourth-order valence-electron chi connectivity index (χ4n) is 2.94. The molecule has 2 heterocycles. The monoisotopic (exact) mass is 443 g/mol. The summed E-state index contributed by atoms with van der Waals surface area (Å²) in [5.74, 6) is 2.44. The van der Waals surface area contributed by atoms with Crippen molar-refractivity contribution < 1.29 is 14.3 Å². The van der Waals surface area contributed by atoms with Crippen LogP contribution in [0.15, 0.2) is 89.6 Å². The Kier molecular flexibility index (Phi) is 10.1. The van der Waals surface area contributed by atoms with E-state index in [0.29, 0.717) is 5.82 Å². The van der Waals surface area contributed by atoms with Gasteiger partial charge in [0.25, 0.3) is 6.47 Å². The van der Waals surface area contributed by atoms with Crippen molar-refractivity contribution in [2.75, 3.05) is 0 Å². The summed E-state index contributed by atoms with van der Waals surface area (Å²) in [6.45, 7) is 7.79. The summed E-state index contributed by atoms with van der Waals surface area (Å²) in [6.07, 6.45) is 9.67. The third-order valence-electron chi connectivity index (χ3n) is 4.45. The molecule has 4 aromatic rings. The molecule has 6 nitrogen and oxygen atoms in total. The van der Waals surface area contributed by atoms with Crippen LogP contribution in [0.4, 0.5) is 0 Å². The minimum absolute atomic E-state index is 0.250. The summed E-state index contributed by atoms with van der Waals surface area (Å²) in [5, 5.41) is 11.5. The summed E-state index contributed by atoms with van der Waals surface area (Å²) in [6, 6.07) is 20.1. The van der Waals surface area contributed by atoms with E-state index < -0.39 is 0 Å². The number of hydrogen-bond donors (Lipinski definition) is 1. The minimum atomic E-state index is -0.250. The Morgan fingerprint density at radius 3 is 2.27 bits per heavy atom. The lowest BCUT2D eigenvalue weighted by Gasteiger charge is -2.02. The zero-order valence-corrected chi connectivity index (χ0v) is 19.3. The summed E-state index contributed by atoms with van der Waals surface area (Å²) in [7, 11) is 0. The first-order chi connectivity index (χ1) is 16.2. The van der Waals surface area contributed by atoms with Gasteiger partial charge in [-0.3, -0.25) is 4.79 Å². The lowest BCUT2D eigenvalue weighted by molar-refractivity contribution is -0.122. The van der Waals surface area contributed by atoms with E-state index in [4.69, 9.17) is 14.3 Å². The number of hydrogen-bond acceptors (Lipinski definition) is 4. The number of allylic oxidation sites excluding steroid dienone is 3. The second-order valence-electron chi connectivity index (χ2n) is 6.57. The third kappa shape index (κ3) is 6.90. The molecule has 0 atom stereocenters. The van der Waals surface area contributed by atoms with Crippen LogP contribution in [-0.2, 0) is 4.79 Å². The van der Waals surface area contributed by atoms with Gasteiger partial charge >= 0.3 is 0 Å². The Bertz CT molecular complexity index is 1170. The number of nitrogens with zero attached hydrogens (tertiary/aromatic N) is 3. The van der Waals surface area contributed by atoms with E-state index in [1.54, 1.807) is 11.0 Å². The average molecular weight is 444 g/mol. The topological polar surface area (TPSA) is 81.2 Å². The van der Waals surface area contributed by atoms with Crippen molar-refractivity contribution in [3.8, 4) is 28.4 Å². The van der Waals surface area contributed by atoms with E-state index in [0.717, 1.165) is 33.9 Å². The van der Waals surface area contributed by atoms with Crippen LogP contribution in [0.3, 0.4) is 0 Å². The summed E-state index contributed by atoms with van der Waals surface area (Å²) < 4.78 is 7.78. The largest absolute Gasteiger partial charge is 0.483 e. The van der Waals surface area contributed by atoms with Gasteiger partial charge in [-0.2, -0.15) is 0 Å². The molecule has 0 unspecified atom stereocenters. The molecule has 0 spiro atoms. The SMILES string of the molecule is C/C=C\C=C/c1oc(-c2ccc(-n3cnc(-c4ccccc4)n3)cc2)cc1C.CC.O=CO. The van der Waals surface area contributed by atoms with Gasteiger partial charge in [0, 0.05) is 11.1 Å². The highest BCUT2D eigenvalue weighted by molar-refractivity contribution is 5.64. The fraction of sp³-hybridized carbons (Fsp3) is 0.148. The molecule has 4 rings (SSSR count). The van der Waals surface area contributed by atoms with E-state index in [1.165, 1.54) is 0 Å². The lowest BCUT2D eigenvalue weighted by atomic mass is 10.1. The molecule has 2 aromatic heterocycles. The molecule has 1 N–H and O–H groups in total. The van der Waals surface area contributed by atoms with Crippen molar-refractivity contribution in [1.29, 1.82) is 0 Å². The van der Waals surface area contributed by atoms with Gasteiger partial charge < -0.3 is 9.52 Å². The summed E-state index contributed by atoms with van der Waals surface area (Å²) in [4.78, 5) is 12.8. The second-order valence-corrected chi connectivity index (χ2v) is 6.57. The standard InChI is InChI=1S/C24H21N3O.C2H6.CH2O2/c1-3-4-6-11-22-18(2)16-23(28-22)19-12-14-21(15-13-19)27-17-25-24(26-27)20-9-7-5-8-10-20;1-2;2-1-3/h3-17H,1-2H3;1-2H3;1H,(H,2,3)/b4-3-,11-6-;;. The molecule has 2 aromatic carbocycles. The van der Waals surface area contributed by atoms with Crippen LogP contribution >= 0.6 is 0 Å². The minimum Gasteiger partial charge on any atom is -0.483 e. The zero-order chi connectivity index (χ0) is 24.1. The Morgan fingerprint density at radius 1 is 0.970 bits per heavy atom. The van der Waals surface area contributed by atoms with Crippen molar-refractivity contribution in [3.63, 3.8) is 0 Å². The van der Waals surface area contributed by atoms with Crippen molar-refractivity contribution in [1.82, 2.24) is 14.8 Å². The van der Waals surface area contributed by atoms with Gasteiger partial charge in [0.15, 0.2) is 5.82 Å². The average Bonchev–Trinajstić information content (AvgIpc) is 3.49. The van der Waals surface area contributed by atoms with Gasteiger partial charge in [0.1, 0.15) is 17.8 Å². The predicted molar refractivity (Wildman–Crippen MR) is 133 cm³/mol. The van der Waals surface area contributed by atoms with Crippen molar-refractivity contribution in [2.45, 2.75) is 27.7 Å². The molecule has 0 aliphatic rings. The third-order valence-corrected chi connectivity index (χ3v) is 4.45. The maximum atomic E-state index is 8.36. The Labute approximate surface area is 194 Å². The maximum absolute atomic E-state index is 8.36. The van der Waals surface area contributed by atoms with Crippen LogP contribution in [0.2, 0.25) is 0 Å². The van der Waals surface area contributed by atoms with E-state index in [9.17, 15) is 0 Å². The van der Waals surface area contributed by atoms with Gasteiger partial charge in [-0.1, -0.05) is 62.4 Å². The number of carbonyl (C=O) groups is 1. The molecule has 0 aliphatic carbocycles. The molecule has 0 radical (unpaired) electrons. The molecule has 33 heavy (non-hydrogen) atoms. The van der Waals surface area contributed by atoms with Gasteiger partial charge in [0.05, 0.1) is 5.69 Å². The highest BCUT2D eigenvalue weighted by atomic mass is 16.3. The van der Waals surface area contributed by atoms with E-state index in [1.807, 2.05) is 99.7 Å². The number of rotatable bonds is 5. The van der Waals surface area contributed by atoms with Crippen molar-refractivity contribution in [3.05, 3.63) is 96.5 Å². The van der Waals surface area contributed by atoms with Gasteiger partial charge in [-0.15, -0.1) is 5.10 Å². The maximum Gasteiger partial charge on any atom is 0.290 e. The van der Waals surface area contributed by atoms with Crippen LogP contribution in [-0.4, -0.2) is 26.3 Å². The molecular formula is C27H29N3O3. The lowest BCUT2D eigenvalue weighted by Crippen LogP contribution is -1.94. The molecule has 6 heteroatoms. The second kappa shape index (κ2) is 13.3. The van der Waals surface area contributed by atoms with Crippen LogP contribution in [0.25, 0.3) is 34.5 Å². The summed E-state index contributed by atoms with van der Waals surface area (Å²) in [5.41, 5.74) is 4.10. The molecular weight excluding hydrogens is 414 g/mol. The molecule has 0 saturated heterocycles. The first kappa shape index (κ1) is 25.1. The molecule has 170 valence electrons. The molecule has 0 amide bonds. The van der Waals surface area contributed by atoms with Gasteiger partial charge in [0.2, 0.25) is 0 Å². The number of aromatic nitrogens is 3. The normalized spacial score (nSPS) is 10.4. The highest BCUT2D eigenvalue weighted by Gasteiger charge is 2.09. The van der Waals surface area contributed by atoms with Crippen molar-refractivity contribution >= 4 is 12.5 Å². The van der Waals surface area contributed by atoms with Gasteiger partial charge in [-0.25, -0.2) is 9.67 Å². The molecule has 0 saturated carbocycles. The van der Waals surface area contributed by atoms with Gasteiger partial charge in [-0.05, 0) is 55.8 Å². The quantitative estimate of drug-likeness (QED) is 0.270. The van der Waals surface area contributed by atoms with E-state index >= 15 is 0 Å². The van der Waals surface area contributed by atoms with Crippen LogP contribution < -0.4 is 0 Å². The first-order valence-corrected chi connectivity index (χ1v) is 10.7. The number of furan rings is 1. The Hall–Kier alpha value is -4.19. The number of benzene rings is 2. The van der Waals surface area contributed by atoms with E-state index in [-0.39, 0.29) is 6.47 Å². The van der Waals surface area contributed by atoms with Crippen molar-refractivity contribution in [2.24, 2.45) is 0 Å². The zero-order valence-electron chi connectivity index (χ0n) is 19.3. The van der Waals surface area contributed by atoms with Crippen LogP contribution in [0.5, 0.6) is 0 Å². The fourth-order valence-corrected chi connectivity index (χ4v) is 2.94. The van der Waals surface area contributed by atoms with E-state index in [2.05, 4.69) is 23.1 Å². The highest BCUT2D eigenvalue weighted by Crippen LogP contribution is 2.27. The molecule has 0 fully saturated rings. The van der Waals surface area contributed by atoms with Crippen LogP contribution in [0.1, 0.15) is 32.1 Å².